The van der Waals surface area contributed by atoms with Gasteiger partial charge in [-0.1, -0.05) is 0 Å². The fraction of sp³-hybridized carbons (Fsp3) is 0.929. The van der Waals surface area contributed by atoms with E-state index in [1.807, 2.05) is 0 Å². The van der Waals surface area contributed by atoms with Crippen molar-refractivity contribution in [1.82, 2.24) is 5.32 Å². The summed E-state index contributed by atoms with van der Waals surface area (Å²) >= 11 is 0. The third kappa shape index (κ3) is 4.30. The predicted molar refractivity (Wildman–Crippen MR) is 79.1 cm³/mol. The van der Waals surface area contributed by atoms with Gasteiger partial charge in [0.1, 0.15) is 48.8 Å². The van der Waals surface area contributed by atoms with Crippen molar-refractivity contribution in [2.75, 3.05) is 13.2 Å². The second kappa shape index (κ2) is 8.82. The van der Waals surface area contributed by atoms with Gasteiger partial charge in [-0.2, -0.15) is 0 Å². The lowest BCUT2D eigenvalue weighted by molar-refractivity contribution is -0.332. The topological polar surface area (TPSA) is 178 Å². The van der Waals surface area contributed by atoms with Crippen molar-refractivity contribution in [3.05, 3.63) is 0 Å². The van der Waals surface area contributed by atoms with E-state index in [1.54, 1.807) is 0 Å². The number of alkyl halides is 1. The van der Waals surface area contributed by atoms with Crippen molar-refractivity contribution >= 4 is 5.91 Å². The first kappa shape index (κ1) is 21.3. The minimum Gasteiger partial charge on any atom is -0.394 e. The molecule has 0 aromatic rings. The smallest absolute Gasteiger partial charge is 0.228 e. The maximum atomic E-state index is 13.5. The van der Waals surface area contributed by atoms with Crippen LogP contribution < -0.4 is 5.32 Å². The van der Waals surface area contributed by atoms with Gasteiger partial charge in [0.2, 0.25) is 12.3 Å². The molecular weight excluding hydrogens is 361 g/mol. The SMILES string of the molecule is CC(=O)N[C@H]1[C@H](O[C@H]2[C@H](O)[C@@H](O)[C@H](F)O[C@@H]2CO)O[C@H](CO)[C@@H](O)[C@@H]1O. The van der Waals surface area contributed by atoms with E-state index in [0.717, 1.165) is 6.92 Å². The van der Waals surface area contributed by atoms with Crippen LogP contribution in [0, 0.1) is 0 Å². The molecule has 26 heavy (non-hydrogen) atoms. The van der Waals surface area contributed by atoms with Crippen LogP contribution >= 0.6 is 0 Å². The van der Waals surface area contributed by atoms with Gasteiger partial charge in [-0.3, -0.25) is 4.79 Å². The Kier molecular flexibility index (Phi) is 7.24. The molecule has 0 bridgehead atoms. The highest BCUT2D eigenvalue weighted by Crippen LogP contribution is 2.29. The van der Waals surface area contributed by atoms with E-state index in [1.165, 1.54) is 0 Å². The van der Waals surface area contributed by atoms with Crippen molar-refractivity contribution in [3.63, 3.8) is 0 Å². The summed E-state index contributed by atoms with van der Waals surface area (Å²) in [5.41, 5.74) is 0. The van der Waals surface area contributed by atoms with Crippen molar-refractivity contribution in [1.29, 1.82) is 0 Å². The lowest BCUT2D eigenvalue weighted by Crippen LogP contribution is -2.67. The molecule has 2 aliphatic rings. The summed E-state index contributed by atoms with van der Waals surface area (Å²) in [5.74, 6) is -0.594. The molecule has 10 atom stereocenters. The van der Waals surface area contributed by atoms with E-state index in [-0.39, 0.29) is 0 Å². The van der Waals surface area contributed by atoms with Crippen LogP contribution in [0.3, 0.4) is 0 Å². The van der Waals surface area contributed by atoms with E-state index >= 15 is 0 Å². The number of aliphatic hydroxyl groups excluding tert-OH is 6. The molecular formula is C14H24FNO10. The highest BCUT2D eigenvalue weighted by Gasteiger charge is 2.51. The fourth-order valence-electron chi connectivity index (χ4n) is 2.95. The van der Waals surface area contributed by atoms with E-state index in [0.29, 0.717) is 0 Å². The van der Waals surface area contributed by atoms with Gasteiger partial charge < -0.3 is 50.2 Å². The molecule has 0 aromatic carbocycles. The molecule has 2 heterocycles. The van der Waals surface area contributed by atoms with E-state index < -0.39 is 80.5 Å². The normalized spacial score (nSPS) is 46.8. The number of carbonyl (C=O) groups excluding carboxylic acids is 1. The molecule has 1 amide bonds. The first-order chi connectivity index (χ1) is 12.2. The predicted octanol–water partition coefficient (Wildman–Crippen LogP) is -4.28. The van der Waals surface area contributed by atoms with Crippen LogP contribution in [0.4, 0.5) is 4.39 Å². The maximum absolute atomic E-state index is 13.5. The van der Waals surface area contributed by atoms with Crippen LogP contribution in [0.25, 0.3) is 0 Å². The summed E-state index contributed by atoms with van der Waals surface area (Å²) < 4.78 is 29.0. The number of hydrogen-bond donors (Lipinski definition) is 7. The fourth-order valence-corrected chi connectivity index (χ4v) is 2.95. The van der Waals surface area contributed by atoms with Crippen molar-refractivity contribution in [2.45, 2.75) is 68.3 Å². The van der Waals surface area contributed by atoms with Crippen LogP contribution in [-0.2, 0) is 19.0 Å². The van der Waals surface area contributed by atoms with Crippen molar-refractivity contribution in [3.8, 4) is 0 Å². The van der Waals surface area contributed by atoms with Gasteiger partial charge >= 0.3 is 0 Å². The number of rotatable bonds is 5. The zero-order chi connectivity index (χ0) is 19.6. The number of hydrogen-bond acceptors (Lipinski definition) is 10. The molecule has 152 valence electrons. The van der Waals surface area contributed by atoms with Gasteiger partial charge in [-0.15, -0.1) is 0 Å². The number of carbonyl (C=O) groups is 1. The summed E-state index contributed by atoms with van der Waals surface area (Å²) in [4.78, 5) is 11.4. The molecule has 0 radical (unpaired) electrons. The van der Waals surface area contributed by atoms with Gasteiger partial charge in [-0.25, -0.2) is 4.39 Å². The van der Waals surface area contributed by atoms with E-state index in [9.17, 15) is 39.8 Å². The van der Waals surface area contributed by atoms with Crippen molar-refractivity contribution < 1.29 is 54.0 Å². The summed E-state index contributed by atoms with van der Waals surface area (Å²) in [6.45, 7) is -0.310. The molecule has 2 saturated heterocycles. The summed E-state index contributed by atoms with van der Waals surface area (Å²) in [5, 5.41) is 60.6. The first-order valence-corrected chi connectivity index (χ1v) is 8.02. The summed E-state index contributed by atoms with van der Waals surface area (Å²) in [7, 11) is 0. The Labute approximate surface area is 147 Å². The Morgan fingerprint density at radius 1 is 1.00 bits per heavy atom. The average molecular weight is 385 g/mol. The molecule has 0 aliphatic carbocycles. The monoisotopic (exact) mass is 385 g/mol. The van der Waals surface area contributed by atoms with Gasteiger partial charge in [-0.05, 0) is 0 Å². The second-order valence-electron chi connectivity index (χ2n) is 6.22. The largest absolute Gasteiger partial charge is 0.394 e. The first-order valence-electron chi connectivity index (χ1n) is 8.02. The van der Waals surface area contributed by atoms with Crippen molar-refractivity contribution in [2.24, 2.45) is 0 Å². The number of ether oxygens (including phenoxy) is 3. The van der Waals surface area contributed by atoms with Crippen LogP contribution in [0.2, 0.25) is 0 Å². The van der Waals surface area contributed by atoms with Crippen LogP contribution in [0.5, 0.6) is 0 Å². The number of aliphatic hydroxyl groups is 6. The second-order valence-corrected chi connectivity index (χ2v) is 6.22. The molecule has 0 unspecified atom stereocenters. The lowest BCUT2D eigenvalue weighted by Gasteiger charge is -2.46. The van der Waals surface area contributed by atoms with E-state index in [2.05, 4.69) is 5.32 Å². The Morgan fingerprint density at radius 2 is 1.62 bits per heavy atom. The van der Waals surface area contributed by atoms with Gasteiger partial charge in [0, 0.05) is 6.92 Å². The van der Waals surface area contributed by atoms with Gasteiger partial charge in [0.25, 0.3) is 0 Å². The zero-order valence-corrected chi connectivity index (χ0v) is 13.9. The quantitative estimate of drug-likeness (QED) is 0.245. The standard InChI is InChI=1S/C14H24FNO10/c1-4(19)16-7-9(21)8(20)5(2-17)25-14(7)26-12-6(3-18)24-13(15)11(23)10(12)22/h5-14,17-18,20-23H,2-3H2,1H3,(H,16,19)/t5-,6-,7-,8-,9-,10-,11-,12-,13-,14+/m1/s1. The van der Waals surface area contributed by atoms with Crippen LogP contribution in [0.15, 0.2) is 0 Å². The lowest BCUT2D eigenvalue weighted by atomic mass is 9.95. The summed E-state index contributed by atoms with van der Waals surface area (Å²) in [6.07, 6.45) is -14.8. The van der Waals surface area contributed by atoms with Gasteiger partial charge in [0.15, 0.2) is 6.29 Å². The Bertz CT molecular complexity index is 483. The molecule has 12 heteroatoms. The molecule has 0 saturated carbocycles. The molecule has 0 spiro atoms. The Morgan fingerprint density at radius 3 is 2.15 bits per heavy atom. The maximum Gasteiger partial charge on any atom is 0.228 e. The number of nitrogens with one attached hydrogen (secondary N) is 1. The molecule has 11 nitrogen and oxygen atoms in total. The third-order valence-corrected chi connectivity index (χ3v) is 4.35. The Balaban J connectivity index is 2.22. The Hall–Kier alpha value is -0.960. The summed E-state index contributed by atoms with van der Waals surface area (Å²) in [6, 6.07) is -1.31. The molecule has 2 aliphatic heterocycles. The minimum atomic E-state index is -2.25. The number of halogens is 1. The highest BCUT2D eigenvalue weighted by atomic mass is 19.1. The molecule has 0 aromatic heterocycles. The van der Waals surface area contributed by atoms with E-state index in [4.69, 9.17) is 14.2 Å². The highest BCUT2D eigenvalue weighted by molar-refractivity contribution is 5.73. The molecule has 7 N–H and O–H groups in total. The molecule has 2 fully saturated rings. The number of amides is 1. The minimum absolute atomic E-state index is 0.594. The molecule has 2 rings (SSSR count). The van der Waals surface area contributed by atoms with Crippen LogP contribution in [-0.4, -0.2) is 111 Å². The third-order valence-electron chi connectivity index (χ3n) is 4.35. The van der Waals surface area contributed by atoms with Crippen LogP contribution in [0.1, 0.15) is 6.92 Å². The average Bonchev–Trinajstić information content (AvgIpc) is 2.60. The van der Waals surface area contributed by atoms with Gasteiger partial charge in [0.05, 0.1) is 13.2 Å². The zero-order valence-electron chi connectivity index (χ0n) is 13.9.